The number of nitrogens with one attached hydrogen (secondary N) is 1. The van der Waals surface area contributed by atoms with Crippen molar-refractivity contribution in [3.63, 3.8) is 0 Å². The van der Waals surface area contributed by atoms with Gasteiger partial charge in [-0.15, -0.1) is 10.2 Å². The highest BCUT2D eigenvalue weighted by atomic mass is 35.5. The van der Waals surface area contributed by atoms with Gasteiger partial charge in [0.1, 0.15) is 16.4 Å². The molecule has 0 aliphatic heterocycles. The normalized spacial score (nSPS) is 11.1. The number of halogens is 1. The number of thioether (sulfide) groups is 1. The van der Waals surface area contributed by atoms with Gasteiger partial charge < -0.3 is 0 Å². The largest absolute Gasteiger partial charge is 0.300 e. The summed E-state index contributed by atoms with van der Waals surface area (Å²) in [6.45, 7) is 1.99. The number of aryl methyl sites for hydroxylation is 1. The maximum Gasteiger partial charge on any atom is 0.236 e. The molecule has 3 heterocycles. The number of nitrogens with zero attached hydrogens (tertiary/aromatic N) is 6. The minimum atomic E-state index is -0.166. The van der Waals surface area contributed by atoms with Crippen molar-refractivity contribution in [3.05, 3.63) is 46.8 Å². The Balaban J connectivity index is 1.50. The van der Waals surface area contributed by atoms with Crippen molar-refractivity contribution in [3.8, 4) is 5.69 Å². The SMILES string of the molecule is CCc1nnc(NC(=O)CSc2ncnc3c2cnn3-c2ccc(Cl)cc2)s1. The lowest BCUT2D eigenvalue weighted by Gasteiger charge is -2.04. The van der Waals surface area contributed by atoms with Gasteiger partial charge in [0.15, 0.2) is 5.65 Å². The third kappa shape index (κ3) is 3.98. The van der Waals surface area contributed by atoms with Crippen molar-refractivity contribution in [2.24, 2.45) is 0 Å². The second-order valence-corrected chi connectivity index (χ2v) is 8.10. The standard InChI is InChI=1S/C17H14ClN7OS2/c1-2-14-23-24-17(28-14)22-13(26)8-27-16-12-7-21-25(15(12)19-9-20-16)11-5-3-10(18)4-6-11/h3-7,9H,2,8H2,1H3,(H,22,24,26). The molecule has 0 radical (unpaired) electrons. The van der Waals surface area contributed by atoms with Crippen LogP contribution in [0, 0.1) is 0 Å². The molecule has 1 amide bonds. The van der Waals surface area contributed by atoms with Gasteiger partial charge in [0.2, 0.25) is 11.0 Å². The van der Waals surface area contributed by atoms with E-state index in [1.807, 2.05) is 19.1 Å². The van der Waals surface area contributed by atoms with Crippen LogP contribution in [0.3, 0.4) is 0 Å². The monoisotopic (exact) mass is 431 g/mol. The lowest BCUT2D eigenvalue weighted by Crippen LogP contribution is -2.14. The zero-order valence-electron chi connectivity index (χ0n) is 14.7. The molecule has 0 unspecified atom stereocenters. The molecule has 11 heteroatoms. The van der Waals surface area contributed by atoms with Crippen LogP contribution >= 0.6 is 34.7 Å². The van der Waals surface area contributed by atoms with Gasteiger partial charge in [0, 0.05) is 5.02 Å². The van der Waals surface area contributed by atoms with Crippen LogP contribution in [0.25, 0.3) is 16.7 Å². The van der Waals surface area contributed by atoms with E-state index >= 15 is 0 Å². The zero-order chi connectivity index (χ0) is 19.5. The Kier molecular flexibility index (Phi) is 5.51. The van der Waals surface area contributed by atoms with Crippen molar-refractivity contribution in [1.82, 2.24) is 29.9 Å². The van der Waals surface area contributed by atoms with E-state index in [2.05, 4.69) is 30.6 Å². The quantitative estimate of drug-likeness (QED) is 0.367. The fourth-order valence-corrected chi connectivity index (χ4v) is 4.03. The van der Waals surface area contributed by atoms with Crippen LogP contribution < -0.4 is 5.32 Å². The van der Waals surface area contributed by atoms with Crippen LogP contribution in [0.4, 0.5) is 5.13 Å². The molecule has 3 aromatic heterocycles. The van der Waals surface area contributed by atoms with Crippen molar-refractivity contribution >= 4 is 56.8 Å². The van der Waals surface area contributed by atoms with E-state index in [4.69, 9.17) is 11.6 Å². The summed E-state index contributed by atoms with van der Waals surface area (Å²) in [5.74, 6) is 0.0277. The second-order valence-electron chi connectivity index (χ2n) is 5.64. The number of fused-ring (bicyclic) bond motifs is 1. The van der Waals surface area contributed by atoms with Crippen molar-refractivity contribution in [1.29, 1.82) is 0 Å². The Hall–Kier alpha value is -2.56. The molecule has 0 saturated carbocycles. The summed E-state index contributed by atoms with van der Waals surface area (Å²) >= 11 is 8.65. The number of carbonyl (C=O) groups is 1. The molecule has 28 heavy (non-hydrogen) atoms. The topological polar surface area (TPSA) is 98.5 Å². The molecule has 0 spiro atoms. The molecule has 0 aliphatic carbocycles. The number of amides is 1. The number of hydrogen-bond donors (Lipinski definition) is 1. The summed E-state index contributed by atoms with van der Waals surface area (Å²) in [6, 6.07) is 7.32. The van der Waals surface area contributed by atoms with Gasteiger partial charge in [-0.2, -0.15) is 5.10 Å². The minimum absolute atomic E-state index is 0.166. The number of anilines is 1. The van der Waals surface area contributed by atoms with E-state index in [-0.39, 0.29) is 11.7 Å². The van der Waals surface area contributed by atoms with Gasteiger partial charge in [0.05, 0.1) is 23.0 Å². The molecule has 0 aliphatic rings. The highest BCUT2D eigenvalue weighted by Crippen LogP contribution is 2.26. The highest BCUT2D eigenvalue weighted by molar-refractivity contribution is 8.00. The van der Waals surface area contributed by atoms with Crippen LogP contribution in [0.2, 0.25) is 5.02 Å². The van der Waals surface area contributed by atoms with E-state index in [0.717, 1.165) is 22.5 Å². The van der Waals surface area contributed by atoms with Crippen LogP contribution in [-0.4, -0.2) is 41.6 Å². The van der Waals surface area contributed by atoms with Gasteiger partial charge in [-0.25, -0.2) is 14.6 Å². The number of rotatable bonds is 6. The Morgan fingerprint density at radius 1 is 1.25 bits per heavy atom. The summed E-state index contributed by atoms with van der Waals surface area (Å²) < 4.78 is 1.71. The number of aromatic nitrogens is 6. The smallest absolute Gasteiger partial charge is 0.236 e. The fraction of sp³-hybridized carbons (Fsp3) is 0.176. The van der Waals surface area contributed by atoms with Crippen LogP contribution in [0.15, 0.2) is 41.8 Å². The minimum Gasteiger partial charge on any atom is -0.300 e. The van der Waals surface area contributed by atoms with Gasteiger partial charge in [-0.3, -0.25) is 10.1 Å². The third-order valence-electron chi connectivity index (χ3n) is 3.76. The Bertz CT molecular complexity index is 1130. The summed E-state index contributed by atoms with van der Waals surface area (Å²) in [5, 5.41) is 18.6. The average molecular weight is 432 g/mol. The Morgan fingerprint density at radius 3 is 2.82 bits per heavy atom. The van der Waals surface area contributed by atoms with E-state index in [9.17, 15) is 4.79 Å². The van der Waals surface area contributed by atoms with Crippen molar-refractivity contribution < 1.29 is 4.79 Å². The molecule has 0 saturated heterocycles. The van der Waals surface area contributed by atoms with Crippen molar-refractivity contribution in [2.75, 3.05) is 11.1 Å². The molecule has 0 atom stereocenters. The maximum absolute atomic E-state index is 12.2. The van der Waals surface area contributed by atoms with E-state index in [1.54, 1.807) is 23.0 Å². The number of hydrogen-bond acceptors (Lipinski definition) is 8. The predicted molar refractivity (Wildman–Crippen MR) is 110 cm³/mol. The third-order valence-corrected chi connectivity index (χ3v) is 6.00. The number of benzene rings is 1. The molecule has 0 bridgehead atoms. The summed E-state index contributed by atoms with van der Waals surface area (Å²) in [6.07, 6.45) is 3.95. The summed E-state index contributed by atoms with van der Waals surface area (Å²) in [5.41, 5.74) is 1.51. The van der Waals surface area contributed by atoms with Gasteiger partial charge in [-0.05, 0) is 30.7 Å². The molecule has 8 nitrogen and oxygen atoms in total. The van der Waals surface area contributed by atoms with Gasteiger partial charge in [0.25, 0.3) is 0 Å². The second kappa shape index (κ2) is 8.21. The first-order valence-electron chi connectivity index (χ1n) is 8.33. The maximum atomic E-state index is 12.2. The van der Waals surface area contributed by atoms with E-state index < -0.39 is 0 Å². The molecule has 142 valence electrons. The fourth-order valence-electron chi connectivity index (χ4n) is 2.45. The number of carbonyl (C=O) groups excluding carboxylic acids is 1. The lowest BCUT2D eigenvalue weighted by atomic mass is 10.3. The van der Waals surface area contributed by atoms with Gasteiger partial charge >= 0.3 is 0 Å². The molecule has 1 N–H and O–H groups in total. The van der Waals surface area contributed by atoms with Crippen molar-refractivity contribution in [2.45, 2.75) is 18.4 Å². The Labute approximate surface area is 173 Å². The molecular weight excluding hydrogens is 418 g/mol. The van der Waals surface area contributed by atoms with Crippen LogP contribution in [-0.2, 0) is 11.2 Å². The molecule has 1 aromatic carbocycles. The summed E-state index contributed by atoms with van der Waals surface area (Å²) in [4.78, 5) is 20.8. The first kappa shape index (κ1) is 18.8. The average Bonchev–Trinajstić information content (AvgIpc) is 3.34. The van der Waals surface area contributed by atoms with E-state index in [1.165, 1.54) is 29.4 Å². The molecule has 0 fully saturated rings. The Morgan fingerprint density at radius 2 is 2.07 bits per heavy atom. The zero-order valence-corrected chi connectivity index (χ0v) is 17.1. The van der Waals surface area contributed by atoms with Crippen LogP contribution in [0.5, 0.6) is 0 Å². The lowest BCUT2D eigenvalue weighted by molar-refractivity contribution is -0.113. The highest BCUT2D eigenvalue weighted by Gasteiger charge is 2.14. The first-order chi connectivity index (χ1) is 13.6. The van der Waals surface area contributed by atoms with Crippen LogP contribution in [0.1, 0.15) is 11.9 Å². The summed E-state index contributed by atoms with van der Waals surface area (Å²) in [7, 11) is 0. The van der Waals surface area contributed by atoms with E-state index in [0.29, 0.717) is 20.8 Å². The molecular formula is C17H14ClN7OS2. The predicted octanol–water partition coefficient (Wildman–Crippen LogP) is 3.61. The first-order valence-corrected chi connectivity index (χ1v) is 10.5. The molecule has 4 aromatic rings. The molecule has 4 rings (SSSR count). The van der Waals surface area contributed by atoms with Gasteiger partial charge in [-0.1, -0.05) is 41.6 Å².